The van der Waals surface area contributed by atoms with E-state index in [9.17, 15) is 18.4 Å². The van der Waals surface area contributed by atoms with Gasteiger partial charge in [0.2, 0.25) is 16.9 Å². The zero-order chi connectivity index (χ0) is 12.5. The Morgan fingerprint density at radius 1 is 1.29 bits per heavy atom. The average Bonchev–Trinajstić information content (AvgIpc) is 2.64. The van der Waals surface area contributed by atoms with Crippen LogP contribution in [-0.2, 0) is 9.59 Å². The Morgan fingerprint density at radius 2 is 1.94 bits per heavy atom. The second-order valence-electron chi connectivity index (χ2n) is 4.65. The highest BCUT2D eigenvalue weighted by Crippen LogP contribution is 2.36. The fourth-order valence-corrected chi connectivity index (χ4v) is 3.15. The Kier molecular flexibility index (Phi) is 3.70. The number of halogens is 2. The van der Waals surface area contributed by atoms with Gasteiger partial charge in [-0.05, 0) is 19.3 Å². The normalized spacial score (nSPS) is 29.3. The molecule has 1 saturated carbocycles. The largest absolute Gasteiger partial charge is 0.345 e. The number of carbonyl (C=O) groups is 2. The van der Waals surface area contributed by atoms with Crippen LogP contribution in [0.4, 0.5) is 8.78 Å². The molecule has 1 saturated heterocycles. The molecule has 1 heterocycles. The third-order valence-electron chi connectivity index (χ3n) is 3.34. The second kappa shape index (κ2) is 4.92. The van der Waals surface area contributed by atoms with Crippen molar-refractivity contribution in [3.8, 4) is 0 Å². The molecule has 0 bridgehead atoms. The summed E-state index contributed by atoms with van der Waals surface area (Å²) in [6.07, 6.45) is 0.634. The van der Waals surface area contributed by atoms with Crippen molar-refractivity contribution in [1.29, 1.82) is 0 Å². The zero-order valence-corrected chi connectivity index (χ0v) is 10.2. The van der Waals surface area contributed by atoms with Crippen LogP contribution in [0.1, 0.15) is 32.1 Å². The SMILES string of the molecule is O=C(NC1CCSC1=O)C1CCC(F)(F)CC1. The summed E-state index contributed by atoms with van der Waals surface area (Å²) in [5.41, 5.74) is 0. The molecule has 1 unspecified atom stereocenters. The van der Waals surface area contributed by atoms with Gasteiger partial charge in [0.25, 0.3) is 0 Å². The Labute approximate surface area is 103 Å². The van der Waals surface area contributed by atoms with Gasteiger partial charge in [-0.1, -0.05) is 11.8 Å². The number of hydrogen-bond acceptors (Lipinski definition) is 3. The highest BCUT2D eigenvalue weighted by Gasteiger charge is 2.38. The Balaban J connectivity index is 1.83. The third kappa shape index (κ3) is 3.18. The van der Waals surface area contributed by atoms with Crippen molar-refractivity contribution in [3.05, 3.63) is 0 Å². The predicted molar refractivity (Wildman–Crippen MR) is 60.9 cm³/mol. The minimum atomic E-state index is -2.62. The van der Waals surface area contributed by atoms with Gasteiger partial charge in [0.05, 0.1) is 6.04 Å². The first-order valence-corrected chi connectivity index (χ1v) is 6.81. The quantitative estimate of drug-likeness (QED) is 0.828. The van der Waals surface area contributed by atoms with E-state index >= 15 is 0 Å². The standard InChI is InChI=1S/C11H15F2NO2S/c12-11(13)4-1-7(2-5-11)9(15)14-8-3-6-17-10(8)16/h7-8H,1-6H2,(H,14,15). The summed E-state index contributed by atoms with van der Waals surface area (Å²) in [4.78, 5) is 23.1. The van der Waals surface area contributed by atoms with E-state index in [0.717, 1.165) is 5.75 Å². The van der Waals surface area contributed by atoms with Crippen molar-refractivity contribution in [3.63, 3.8) is 0 Å². The van der Waals surface area contributed by atoms with E-state index in [1.165, 1.54) is 11.8 Å². The molecule has 0 radical (unpaired) electrons. The summed E-state index contributed by atoms with van der Waals surface area (Å²) in [7, 11) is 0. The van der Waals surface area contributed by atoms with Crippen LogP contribution in [0.25, 0.3) is 0 Å². The van der Waals surface area contributed by atoms with Gasteiger partial charge in [-0.25, -0.2) is 8.78 Å². The maximum absolute atomic E-state index is 12.9. The van der Waals surface area contributed by atoms with Crippen LogP contribution in [0.5, 0.6) is 0 Å². The molecule has 1 amide bonds. The van der Waals surface area contributed by atoms with E-state index in [1.54, 1.807) is 0 Å². The molecule has 96 valence electrons. The molecule has 2 fully saturated rings. The van der Waals surface area contributed by atoms with Gasteiger partial charge < -0.3 is 5.32 Å². The van der Waals surface area contributed by atoms with Crippen molar-refractivity contribution in [2.75, 3.05) is 5.75 Å². The molecule has 6 heteroatoms. The smallest absolute Gasteiger partial charge is 0.248 e. The summed E-state index contributed by atoms with van der Waals surface area (Å²) < 4.78 is 25.8. The second-order valence-corrected chi connectivity index (χ2v) is 5.75. The zero-order valence-electron chi connectivity index (χ0n) is 9.38. The van der Waals surface area contributed by atoms with Crippen LogP contribution in [0.15, 0.2) is 0 Å². The number of thioether (sulfide) groups is 1. The van der Waals surface area contributed by atoms with Gasteiger partial charge in [0.15, 0.2) is 0 Å². The molecule has 0 aromatic rings. The van der Waals surface area contributed by atoms with Crippen molar-refractivity contribution in [2.45, 2.75) is 44.1 Å². The first kappa shape index (κ1) is 12.8. The fourth-order valence-electron chi connectivity index (χ4n) is 2.22. The van der Waals surface area contributed by atoms with Gasteiger partial charge in [0.1, 0.15) is 0 Å². The number of alkyl halides is 2. The molecule has 0 spiro atoms. The van der Waals surface area contributed by atoms with Crippen molar-refractivity contribution in [2.24, 2.45) is 5.92 Å². The van der Waals surface area contributed by atoms with E-state index in [1.807, 2.05) is 0 Å². The molecule has 1 atom stereocenters. The van der Waals surface area contributed by atoms with Crippen molar-refractivity contribution in [1.82, 2.24) is 5.32 Å². The Morgan fingerprint density at radius 3 is 2.47 bits per heavy atom. The van der Waals surface area contributed by atoms with E-state index in [0.29, 0.717) is 6.42 Å². The van der Waals surface area contributed by atoms with Gasteiger partial charge in [0, 0.05) is 24.5 Å². The molecule has 2 aliphatic rings. The molecule has 1 aliphatic carbocycles. The third-order valence-corrected chi connectivity index (χ3v) is 4.35. The maximum atomic E-state index is 12.9. The minimum Gasteiger partial charge on any atom is -0.345 e. The van der Waals surface area contributed by atoms with Gasteiger partial charge in [-0.15, -0.1) is 0 Å². The summed E-state index contributed by atoms with van der Waals surface area (Å²) in [6, 6.07) is -0.407. The summed E-state index contributed by atoms with van der Waals surface area (Å²) in [5.74, 6) is -2.48. The molecule has 2 rings (SSSR count). The molecule has 1 aliphatic heterocycles. The number of nitrogens with one attached hydrogen (secondary N) is 1. The number of rotatable bonds is 2. The molecule has 0 aromatic heterocycles. The van der Waals surface area contributed by atoms with Crippen molar-refractivity contribution >= 4 is 22.8 Å². The van der Waals surface area contributed by atoms with Gasteiger partial charge >= 0.3 is 0 Å². The summed E-state index contributed by atoms with van der Waals surface area (Å²) in [6.45, 7) is 0. The monoisotopic (exact) mass is 263 g/mol. The van der Waals surface area contributed by atoms with Gasteiger partial charge in [-0.2, -0.15) is 0 Å². The molecular formula is C11H15F2NO2S. The highest BCUT2D eigenvalue weighted by atomic mass is 32.2. The van der Waals surface area contributed by atoms with Crippen LogP contribution in [0.3, 0.4) is 0 Å². The number of amides is 1. The molecule has 17 heavy (non-hydrogen) atoms. The van der Waals surface area contributed by atoms with Gasteiger partial charge in [-0.3, -0.25) is 9.59 Å². The lowest BCUT2D eigenvalue weighted by Crippen LogP contribution is -2.42. The summed E-state index contributed by atoms with van der Waals surface area (Å²) >= 11 is 1.22. The Bertz CT molecular complexity index is 325. The first-order valence-electron chi connectivity index (χ1n) is 5.83. The topological polar surface area (TPSA) is 46.2 Å². The molecule has 3 nitrogen and oxygen atoms in total. The molecular weight excluding hydrogens is 248 g/mol. The molecule has 1 N–H and O–H groups in total. The predicted octanol–water partition coefficient (Wildman–Crippen LogP) is 1.96. The maximum Gasteiger partial charge on any atom is 0.248 e. The van der Waals surface area contributed by atoms with Crippen LogP contribution < -0.4 is 5.32 Å². The lowest BCUT2D eigenvalue weighted by Gasteiger charge is -2.28. The fraction of sp³-hybridized carbons (Fsp3) is 0.818. The summed E-state index contributed by atoms with van der Waals surface area (Å²) in [5, 5.41) is 2.66. The highest BCUT2D eigenvalue weighted by molar-refractivity contribution is 8.14. The number of hydrogen-bond donors (Lipinski definition) is 1. The minimum absolute atomic E-state index is 0.0144. The average molecular weight is 263 g/mol. The van der Waals surface area contributed by atoms with Crippen LogP contribution >= 0.6 is 11.8 Å². The van der Waals surface area contributed by atoms with Crippen molar-refractivity contribution < 1.29 is 18.4 Å². The van der Waals surface area contributed by atoms with E-state index in [4.69, 9.17) is 0 Å². The van der Waals surface area contributed by atoms with Crippen LogP contribution in [0, 0.1) is 5.92 Å². The first-order chi connectivity index (χ1) is 7.98. The Hall–Kier alpha value is -0.650. The van der Waals surface area contributed by atoms with Crippen LogP contribution in [0.2, 0.25) is 0 Å². The lowest BCUT2D eigenvalue weighted by atomic mass is 9.86. The number of carbonyl (C=O) groups excluding carboxylic acids is 2. The van der Waals surface area contributed by atoms with E-state index in [-0.39, 0.29) is 42.6 Å². The van der Waals surface area contributed by atoms with Crippen LogP contribution in [-0.4, -0.2) is 28.7 Å². The lowest BCUT2D eigenvalue weighted by molar-refractivity contribution is -0.131. The van der Waals surface area contributed by atoms with E-state index < -0.39 is 12.0 Å². The molecule has 0 aromatic carbocycles. The van der Waals surface area contributed by atoms with E-state index in [2.05, 4.69) is 5.32 Å².